The van der Waals surface area contributed by atoms with Crippen LogP contribution in [0.3, 0.4) is 0 Å². The van der Waals surface area contributed by atoms with Gasteiger partial charge in [-0.05, 0) is 84.9 Å². The van der Waals surface area contributed by atoms with E-state index in [2.05, 4.69) is 0 Å². The number of alkyl halides is 9. The first-order valence-corrected chi connectivity index (χ1v) is 16.6. The lowest BCUT2D eigenvalue weighted by atomic mass is 10.2. The van der Waals surface area contributed by atoms with E-state index in [1.165, 1.54) is 0 Å². The van der Waals surface area contributed by atoms with Gasteiger partial charge in [-0.1, -0.05) is 6.07 Å². The predicted octanol–water partition coefficient (Wildman–Crippen LogP) is 7.05. The van der Waals surface area contributed by atoms with E-state index in [1.807, 2.05) is 0 Å². The molecule has 0 aliphatic carbocycles. The molecule has 0 amide bonds. The van der Waals surface area contributed by atoms with Gasteiger partial charge >= 0.3 is 48.9 Å². The number of benzene rings is 4. The fourth-order valence-corrected chi connectivity index (χ4v) is 6.45. The highest BCUT2D eigenvalue weighted by Crippen LogP contribution is 2.42. The van der Waals surface area contributed by atoms with E-state index in [1.54, 1.807) is 0 Å². The fourth-order valence-electron chi connectivity index (χ4n) is 3.63. The van der Waals surface area contributed by atoms with Gasteiger partial charge in [0.1, 0.15) is 14.7 Å². The van der Waals surface area contributed by atoms with Crippen molar-refractivity contribution in [2.75, 3.05) is 0 Å². The summed E-state index contributed by atoms with van der Waals surface area (Å²) < 4.78 is 209. The van der Waals surface area contributed by atoms with Crippen molar-refractivity contribution in [2.45, 2.75) is 33.2 Å². The quantitative estimate of drug-likeness (QED) is 0.131. The average molecular weight is 751 g/mol. The summed E-state index contributed by atoms with van der Waals surface area (Å²) in [5.41, 5.74) is -3.78. The molecule has 0 unspecified atom stereocenters. The van der Waals surface area contributed by atoms with E-state index in [4.69, 9.17) is 12.5 Å². The van der Waals surface area contributed by atoms with E-state index in [-0.39, 0.29) is 0 Å². The summed E-state index contributed by atoms with van der Waals surface area (Å²) in [7, 11) is -15.6. The summed E-state index contributed by atoms with van der Waals surface area (Å²) in [5.74, 6) is -3.64. The second-order valence-corrected chi connectivity index (χ2v) is 13.9. The third-order valence-electron chi connectivity index (χ3n) is 5.95. The second kappa shape index (κ2) is 12.5. The molecule has 4 aromatic carbocycles. The molecule has 0 spiro atoms. The summed E-state index contributed by atoms with van der Waals surface area (Å²) in [6.07, 6.45) is -14.6. The van der Waals surface area contributed by atoms with Crippen molar-refractivity contribution in [1.29, 1.82) is 0 Å². The van der Waals surface area contributed by atoms with Crippen LogP contribution in [0.1, 0.15) is 16.7 Å². The first kappa shape index (κ1) is 36.3. The Balaban J connectivity index is 1.79. The van der Waals surface area contributed by atoms with Crippen molar-refractivity contribution >= 4 is 30.4 Å². The van der Waals surface area contributed by atoms with E-state index in [0.717, 1.165) is 6.07 Å². The van der Waals surface area contributed by atoms with Crippen molar-refractivity contribution in [3.63, 3.8) is 0 Å². The zero-order chi connectivity index (χ0) is 35.9. The van der Waals surface area contributed by atoms with E-state index in [0.29, 0.717) is 84.9 Å². The van der Waals surface area contributed by atoms with Crippen LogP contribution in [0, 0.1) is 0 Å². The van der Waals surface area contributed by atoms with Crippen molar-refractivity contribution in [2.24, 2.45) is 0 Å². The Morgan fingerprint density at radius 3 is 0.875 bits per heavy atom. The van der Waals surface area contributed by atoms with Crippen molar-refractivity contribution in [3.05, 3.63) is 108 Å². The van der Waals surface area contributed by atoms with Crippen LogP contribution in [0.25, 0.3) is 0 Å². The maximum Gasteiger partial charge on any atom is 0.416 e. The molecule has 48 heavy (non-hydrogen) atoms. The zero-order valence-electron chi connectivity index (χ0n) is 23.0. The molecule has 0 atom stereocenters. The van der Waals surface area contributed by atoms with Gasteiger partial charge in [0.05, 0.1) is 16.7 Å². The number of halogens is 9. The van der Waals surface area contributed by atoms with Gasteiger partial charge in [0.15, 0.2) is 11.5 Å². The Labute approximate surface area is 265 Å². The molecule has 4 rings (SSSR count). The van der Waals surface area contributed by atoms with Crippen molar-refractivity contribution < 1.29 is 77.3 Å². The Morgan fingerprint density at radius 1 is 0.375 bits per heavy atom. The molecule has 0 fully saturated rings. The standard InChI is InChI=1S/C27H15F9O9S3/c28-25(29,30)16-4-10-19(11-5-16)46(37,38)43-22-2-1-3-23(44-47(39,40)20-12-6-17(7-13-20)26(31,32)33)24(22)45-48(41,42)21-14-8-18(9-15-21)27(34,35)36/h1-15H. The molecule has 4 aromatic rings. The molecule has 0 bridgehead atoms. The lowest BCUT2D eigenvalue weighted by molar-refractivity contribution is -0.138. The number of rotatable bonds is 9. The van der Waals surface area contributed by atoms with Gasteiger partial charge in [-0.3, -0.25) is 0 Å². The second-order valence-electron chi connectivity index (χ2n) is 9.26. The molecular formula is C27H15F9O9S3. The van der Waals surface area contributed by atoms with Crippen LogP contribution in [0.15, 0.2) is 106 Å². The van der Waals surface area contributed by atoms with Gasteiger partial charge < -0.3 is 12.5 Å². The summed E-state index contributed by atoms with van der Waals surface area (Å²) in [4.78, 5) is -2.78. The predicted molar refractivity (Wildman–Crippen MR) is 144 cm³/mol. The highest BCUT2D eigenvalue weighted by molar-refractivity contribution is 7.87. The molecule has 21 heteroatoms. The summed E-state index contributed by atoms with van der Waals surface area (Å²) in [6.45, 7) is 0. The molecule has 0 saturated carbocycles. The Kier molecular flexibility index (Phi) is 9.47. The third kappa shape index (κ3) is 8.31. The molecule has 0 N–H and O–H groups in total. The van der Waals surface area contributed by atoms with Crippen LogP contribution in [0.4, 0.5) is 39.5 Å². The topological polar surface area (TPSA) is 130 Å². The van der Waals surface area contributed by atoms with Crippen molar-refractivity contribution in [1.82, 2.24) is 0 Å². The first-order chi connectivity index (χ1) is 21.9. The number of para-hydroxylation sites is 1. The minimum Gasteiger partial charge on any atom is -0.375 e. The van der Waals surface area contributed by atoms with Gasteiger partial charge in [0, 0.05) is 0 Å². The number of hydrogen-bond acceptors (Lipinski definition) is 9. The van der Waals surface area contributed by atoms with Crippen LogP contribution in [0.5, 0.6) is 17.2 Å². The molecule has 0 aromatic heterocycles. The van der Waals surface area contributed by atoms with Crippen LogP contribution in [-0.2, 0) is 48.9 Å². The average Bonchev–Trinajstić information content (AvgIpc) is 2.97. The van der Waals surface area contributed by atoms with Gasteiger partial charge in [-0.25, -0.2) is 0 Å². The number of hydrogen-bond donors (Lipinski definition) is 0. The highest BCUT2D eigenvalue weighted by Gasteiger charge is 2.35. The largest absolute Gasteiger partial charge is 0.416 e. The van der Waals surface area contributed by atoms with Gasteiger partial charge in [0.25, 0.3) is 0 Å². The molecule has 258 valence electrons. The molecule has 0 aliphatic heterocycles. The highest BCUT2D eigenvalue weighted by atomic mass is 32.2. The Morgan fingerprint density at radius 2 is 0.625 bits per heavy atom. The van der Waals surface area contributed by atoms with Gasteiger partial charge in [0.2, 0.25) is 5.75 Å². The van der Waals surface area contributed by atoms with Crippen LogP contribution in [-0.4, -0.2) is 25.3 Å². The molecular weight excluding hydrogens is 735 g/mol. The van der Waals surface area contributed by atoms with Crippen LogP contribution < -0.4 is 12.5 Å². The van der Waals surface area contributed by atoms with Crippen molar-refractivity contribution in [3.8, 4) is 17.2 Å². The molecule has 0 aliphatic rings. The van der Waals surface area contributed by atoms with Crippen LogP contribution >= 0.6 is 0 Å². The first-order valence-electron chi connectivity index (χ1n) is 12.4. The monoisotopic (exact) mass is 750 g/mol. The SMILES string of the molecule is O=S(=O)(Oc1cccc(OS(=O)(=O)c2ccc(C(F)(F)F)cc2)c1OS(=O)(=O)c1ccc(C(F)(F)F)cc1)c1ccc(C(F)(F)F)cc1. The summed E-state index contributed by atoms with van der Waals surface area (Å²) >= 11 is 0. The lowest BCUT2D eigenvalue weighted by Gasteiger charge is -2.17. The Hall–Kier alpha value is -4.50. The third-order valence-corrected chi connectivity index (χ3v) is 9.68. The fraction of sp³-hybridized carbons (Fsp3) is 0.111. The maximum atomic E-state index is 13.1. The molecule has 0 radical (unpaired) electrons. The molecule has 0 heterocycles. The van der Waals surface area contributed by atoms with E-state index in [9.17, 15) is 64.8 Å². The zero-order valence-corrected chi connectivity index (χ0v) is 25.4. The Bertz CT molecular complexity index is 2020. The minimum atomic E-state index is -5.27. The minimum absolute atomic E-state index is 0.347. The van der Waals surface area contributed by atoms with E-state index < -0.39 is 97.5 Å². The van der Waals surface area contributed by atoms with E-state index >= 15 is 0 Å². The summed E-state index contributed by atoms with van der Waals surface area (Å²) in [5, 5.41) is 0. The summed E-state index contributed by atoms with van der Waals surface area (Å²) in [6, 6.07) is 7.22. The molecule has 9 nitrogen and oxygen atoms in total. The maximum absolute atomic E-state index is 13.1. The molecule has 0 saturated heterocycles. The normalized spacial score (nSPS) is 13.2. The van der Waals surface area contributed by atoms with Crippen LogP contribution in [0.2, 0.25) is 0 Å². The van der Waals surface area contributed by atoms with Gasteiger partial charge in [-0.2, -0.15) is 64.8 Å². The van der Waals surface area contributed by atoms with Gasteiger partial charge in [-0.15, -0.1) is 0 Å². The lowest BCUT2D eigenvalue weighted by Crippen LogP contribution is -2.16. The smallest absolute Gasteiger partial charge is 0.375 e.